The first-order valence-electron chi connectivity index (χ1n) is 5.13. The van der Waals surface area contributed by atoms with Gasteiger partial charge in [0.1, 0.15) is 5.56 Å². The lowest BCUT2D eigenvalue weighted by atomic mass is 10.1. The van der Waals surface area contributed by atoms with Crippen LogP contribution >= 0.6 is 38.6 Å². The molecule has 82 valence electrons. The molecule has 0 amide bonds. The average Bonchev–Trinajstić information content (AvgIpc) is 2.75. The van der Waals surface area contributed by atoms with Gasteiger partial charge in [-0.3, -0.25) is 4.79 Å². The molecule has 0 saturated carbocycles. The van der Waals surface area contributed by atoms with Crippen LogP contribution in [0.3, 0.4) is 0 Å². The van der Waals surface area contributed by atoms with Crippen molar-refractivity contribution in [1.82, 2.24) is 0 Å². The molecule has 1 nitrogen and oxygen atoms in total. The molecular formula is C12H11BrOS2+2. The molecule has 0 aliphatic heterocycles. The van der Waals surface area contributed by atoms with E-state index in [1.807, 2.05) is 11.3 Å². The van der Waals surface area contributed by atoms with Gasteiger partial charge in [0.25, 0.3) is 0 Å². The second kappa shape index (κ2) is 3.79. The van der Waals surface area contributed by atoms with E-state index in [4.69, 9.17) is 0 Å². The zero-order valence-corrected chi connectivity index (χ0v) is 12.0. The molecule has 2 aromatic rings. The molecular weight excluding hydrogens is 304 g/mol. The maximum Gasteiger partial charge on any atom is 0.329 e. The molecule has 0 aromatic carbocycles. The largest absolute Gasteiger partial charge is 0.329 e. The second-order valence-corrected chi connectivity index (χ2v) is 7.88. The number of rotatable bonds is 0. The first-order valence-corrected chi connectivity index (χ1v) is 7.63. The minimum atomic E-state index is 0.540. The highest BCUT2D eigenvalue weighted by Crippen LogP contribution is 2.44. The summed E-state index contributed by atoms with van der Waals surface area (Å²) in [7, 11) is 0. The predicted molar refractivity (Wildman–Crippen MR) is 75.8 cm³/mol. The van der Waals surface area contributed by atoms with Gasteiger partial charge in [0.15, 0.2) is 0 Å². The summed E-state index contributed by atoms with van der Waals surface area (Å²) in [5.74, 6) is 0.540. The number of aryl methyl sites for hydroxylation is 2. The zero-order chi connectivity index (χ0) is 11.3. The molecule has 4 heteroatoms. The Morgan fingerprint density at radius 1 is 1.38 bits per heavy atom. The van der Waals surface area contributed by atoms with Crippen molar-refractivity contribution in [3.8, 4) is 9.75 Å². The monoisotopic (exact) mass is 314 g/mol. The highest BCUT2D eigenvalue weighted by atomic mass is 79.9. The van der Waals surface area contributed by atoms with E-state index in [9.17, 15) is 4.79 Å². The fourth-order valence-corrected chi connectivity index (χ4v) is 5.14. The average molecular weight is 315 g/mol. The Labute approximate surface area is 110 Å². The number of fused-ring (bicyclic) bond motifs is 3. The molecule has 2 heterocycles. The highest BCUT2D eigenvalue weighted by molar-refractivity contribution is 9.11. The molecule has 3 rings (SSSR count). The second-order valence-electron chi connectivity index (χ2n) is 4.00. The smallest absolute Gasteiger partial charge is 0.278 e. The van der Waals surface area contributed by atoms with Crippen LogP contribution in [0, 0.1) is 6.92 Å². The van der Waals surface area contributed by atoms with Crippen molar-refractivity contribution in [2.75, 3.05) is 0 Å². The first-order chi connectivity index (χ1) is 7.65. The van der Waals surface area contributed by atoms with Gasteiger partial charge in [-0.25, -0.2) is 0 Å². The van der Waals surface area contributed by atoms with Crippen molar-refractivity contribution in [3.63, 3.8) is 0 Å². The van der Waals surface area contributed by atoms with Crippen LogP contribution in [0.15, 0.2) is 15.9 Å². The number of halogens is 1. The van der Waals surface area contributed by atoms with Gasteiger partial charge in [-0.05, 0) is 36.3 Å². The summed E-state index contributed by atoms with van der Waals surface area (Å²) < 4.78 is 1.14. The Hall–Kier alpha value is -0.450. The van der Waals surface area contributed by atoms with E-state index in [2.05, 4.69) is 35.0 Å². The van der Waals surface area contributed by atoms with Gasteiger partial charge in [0, 0.05) is 26.9 Å². The fraction of sp³-hybridized carbons (Fsp3) is 0.250. The van der Waals surface area contributed by atoms with E-state index >= 15 is 0 Å². The SMILES string of the molecule is Cc1cc2c(s1)-c1[sH+]c(Br)cc1C(=[OH+])CC2. The Balaban J connectivity index is 2.30. The van der Waals surface area contributed by atoms with E-state index in [0.717, 1.165) is 22.2 Å². The summed E-state index contributed by atoms with van der Waals surface area (Å²) >= 11 is 6.55. The van der Waals surface area contributed by atoms with E-state index in [-0.39, 0.29) is 0 Å². The van der Waals surface area contributed by atoms with Crippen LogP contribution < -0.4 is 0 Å². The summed E-state index contributed by atoms with van der Waals surface area (Å²) in [5.41, 5.74) is 2.43. The number of thiophene rings is 2. The molecule has 0 radical (unpaired) electrons. The molecule has 1 aliphatic carbocycles. The van der Waals surface area contributed by atoms with Crippen molar-refractivity contribution >= 4 is 44.4 Å². The molecule has 1 N–H and O–H groups in total. The maximum atomic E-state index is 10.0. The van der Waals surface area contributed by atoms with Gasteiger partial charge in [-0.1, -0.05) is 0 Å². The third kappa shape index (κ3) is 1.60. The lowest BCUT2D eigenvalue weighted by Gasteiger charge is -1.90. The van der Waals surface area contributed by atoms with E-state index in [1.165, 1.54) is 31.5 Å². The van der Waals surface area contributed by atoms with Gasteiger partial charge >= 0.3 is 5.78 Å². The van der Waals surface area contributed by atoms with Crippen molar-refractivity contribution in [2.45, 2.75) is 19.8 Å². The molecule has 0 unspecified atom stereocenters. The topological polar surface area (TPSA) is 21.4 Å². The molecule has 1 aliphatic rings. The third-order valence-corrected chi connectivity index (χ3v) is 5.88. The van der Waals surface area contributed by atoms with Crippen molar-refractivity contribution in [1.29, 1.82) is 0 Å². The lowest BCUT2D eigenvalue weighted by Crippen LogP contribution is -1.99. The molecule has 0 bridgehead atoms. The van der Waals surface area contributed by atoms with Crippen LogP contribution in [0.4, 0.5) is 0 Å². The number of hydrogen-bond donors (Lipinski definition) is 0. The Kier molecular flexibility index (Phi) is 2.53. The molecule has 16 heavy (non-hydrogen) atoms. The number of hydrogen-bond acceptors (Lipinski definition) is 1. The van der Waals surface area contributed by atoms with Crippen molar-refractivity contribution in [2.24, 2.45) is 0 Å². The quantitative estimate of drug-likeness (QED) is 0.652. The van der Waals surface area contributed by atoms with Gasteiger partial charge in [-0.15, -0.1) is 11.3 Å². The minimum absolute atomic E-state index is 0.540. The third-order valence-electron chi connectivity index (χ3n) is 2.83. The highest BCUT2D eigenvalue weighted by Gasteiger charge is 2.32. The molecule has 0 spiro atoms. The summed E-state index contributed by atoms with van der Waals surface area (Å²) in [6.45, 7) is 2.15. The number of ketones is 1. The van der Waals surface area contributed by atoms with Crippen LogP contribution in [0.1, 0.15) is 22.4 Å². The minimum Gasteiger partial charge on any atom is -0.278 e. The van der Waals surface area contributed by atoms with Gasteiger partial charge < -0.3 is 0 Å². The zero-order valence-electron chi connectivity index (χ0n) is 8.75. The summed E-state index contributed by atoms with van der Waals surface area (Å²) in [6, 6.07) is 4.31. The van der Waals surface area contributed by atoms with Gasteiger partial charge in [-0.2, -0.15) is 0 Å². The number of carbonyl (C=O) groups excluding carboxylic acids is 1. The Morgan fingerprint density at radius 2 is 2.19 bits per heavy atom. The van der Waals surface area contributed by atoms with E-state index < -0.39 is 0 Å². The lowest BCUT2D eigenvalue weighted by molar-refractivity contribution is 0.660. The Bertz CT molecular complexity index is 580. The van der Waals surface area contributed by atoms with Crippen molar-refractivity contribution in [3.05, 3.63) is 31.9 Å². The van der Waals surface area contributed by atoms with Crippen molar-refractivity contribution < 1.29 is 4.79 Å². The first kappa shape index (κ1) is 10.7. The summed E-state index contributed by atoms with van der Waals surface area (Å²) in [4.78, 5) is 14.0. The predicted octanol–water partition coefficient (Wildman–Crippen LogP) is 4.12. The normalized spacial score (nSPS) is 14.5. The van der Waals surface area contributed by atoms with E-state index in [0.29, 0.717) is 5.78 Å². The van der Waals surface area contributed by atoms with Crippen LogP contribution in [-0.2, 0) is 6.42 Å². The van der Waals surface area contributed by atoms with Gasteiger partial charge in [0.05, 0.1) is 11.3 Å². The van der Waals surface area contributed by atoms with Crippen LogP contribution in [0.25, 0.3) is 9.75 Å². The molecule has 2 aromatic heterocycles. The standard InChI is InChI=1S/C12H9BrOS2/c1-6-4-7-2-3-9(14)8-5-10(13)16-12(8)11(7)15-6/h4-5H,2-3H2,1H3/p+2. The van der Waals surface area contributed by atoms with Crippen LogP contribution in [0.5, 0.6) is 0 Å². The van der Waals surface area contributed by atoms with Gasteiger partial charge in [0.2, 0.25) is 8.66 Å². The summed E-state index contributed by atoms with van der Waals surface area (Å²) in [5, 5.41) is 0. The van der Waals surface area contributed by atoms with Crippen LogP contribution in [0.2, 0.25) is 0 Å². The molecule has 0 fully saturated rings. The Morgan fingerprint density at radius 3 is 3.00 bits per heavy atom. The maximum absolute atomic E-state index is 10.0. The fourth-order valence-electron chi connectivity index (χ4n) is 2.12. The molecule has 0 saturated heterocycles. The van der Waals surface area contributed by atoms with E-state index in [1.54, 1.807) is 0 Å². The van der Waals surface area contributed by atoms with Crippen LogP contribution in [-0.4, -0.2) is 10.6 Å². The molecule has 0 atom stereocenters. The summed E-state index contributed by atoms with van der Waals surface area (Å²) in [6.07, 6.45) is 1.72.